The van der Waals surface area contributed by atoms with Crippen molar-refractivity contribution in [2.75, 3.05) is 58.9 Å². The molecule has 4 heteroatoms. The minimum Gasteiger partial charge on any atom is -0.329 e. The first-order chi connectivity index (χ1) is 7.86. The summed E-state index contributed by atoms with van der Waals surface area (Å²) in [6, 6.07) is 0. The molecule has 1 fully saturated rings. The Morgan fingerprint density at radius 1 is 1.00 bits per heavy atom. The van der Waals surface area contributed by atoms with E-state index in [1.807, 2.05) is 0 Å². The lowest BCUT2D eigenvalue weighted by atomic mass is 10.3. The van der Waals surface area contributed by atoms with Crippen LogP contribution in [0.3, 0.4) is 0 Å². The molecule has 0 aromatic carbocycles. The van der Waals surface area contributed by atoms with Gasteiger partial charge in [0.2, 0.25) is 0 Å². The van der Waals surface area contributed by atoms with Crippen LogP contribution in [0.25, 0.3) is 0 Å². The summed E-state index contributed by atoms with van der Waals surface area (Å²) < 4.78 is 0. The van der Waals surface area contributed by atoms with Crippen molar-refractivity contribution in [2.24, 2.45) is 5.73 Å². The summed E-state index contributed by atoms with van der Waals surface area (Å²) >= 11 is 0. The number of rotatable bonds is 3. The summed E-state index contributed by atoms with van der Waals surface area (Å²) in [6.07, 6.45) is 2.51. The summed E-state index contributed by atoms with van der Waals surface area (Å²) in [6.45, 7) is 12.3. The van der Waals surface area contributed by atoms with Gasteiger partial charge in [-0.25, -0.2) is 0 Å². The van der Waals surface area contributed by atoms with E-state index in [0.717, 1.165) is 32.7 Å². The van der Waals surface area contributed by atoms with Gasteiger partial charge in [0, 0.05) is 26.2 Å². The zero-order chi connectivity index (χ0) is 11.6. The number of hydrogen-bond donors (Lipinski definition) is 2. The Kier molecular flexibility index (Phi) is 7.76. The molecule has 3 N–H and O–H groups in total. The Morgan fingerprint density at radius 2 is 1.62 bits per heavy atom. The van der Waals surface area contributed by atoms with Gasteiger partial charge in [-0.3, -0.25) is 0 Å². The van der Waals surface area contributed by atoms with Crippen LogP contribution in [-0.4, -0.2) is 68.7 Å². The van der Waals surface area contributed by atoms with Gasteiger partial charge >= 0.3 is 0 Å². The largest absolute Gasteiger partial charge is 0.329 e. The first kappa shape index (κ1) is 13.9. The standard InChI is InChI=1S/C12H28N4/c1-2-15-8-3-6-14-7-4-9-16(10-5-13)12-11-15/h14H,2-13H2,1H3. The SMILES string of the molecule is CCN1CCCNCCCN(CCN)CC1. The Balaban J connectivity index is 2.36. The Hall–Kier alpha value is -0.160. The van der Waals surface area contributed by atoms with Crippen LogP contribution in [-0.2, 0) is 0 Å². The molecule has 0 radical (unpaired) electrons. The fourth-order valence-electron chi connectivity index (χ4n) is 2.21. The molecule has 4 nitrogen and oxygen atoms in total. The highest BCUT2D eigenvalue weighted by Gasteiger charge is 2.08. The van der Waals surface area contributed by atoms with Gasteiger partial charge in [0.05, 0.1) is 0 Å². The van der Waals surface area contributed by atoms with Gasteiger partial charge in [0.25, 0.3) is 0 Å². The molecule has 1 rings (SSSR count). The predicted molar refractivity (Wildman–Crippen MR) is 69.7 cm³/mol. The van der Waals surface area contributed by atoms with E-state index in [-0.39, 0.29) is 0 Å². The van der Waals surface area contributed by atoms with Crippen molar-refractivity contribution < 1.29 is 0 Å². The molecule has 1 heterocycles. The molecule has 0 aromatic heterocycles. The molecule has 0 spiro atoms. The van der Waals surface area contributed by atoms with E-state index in [4.69, 9.17) is 5.73 Å². The Bertz CT molecular complexity index is 163. The molecule has 0 aromatic rings. The lowest BCUT2D eigenvalue weighted by Crippen LogP contribution is -2.38. The van der Waals surface area contributed by atoms with E-state index in [1.165, 1.54) is 39.0 Å². The van der Waals surface area contributed by atoms with Gasteiger partial charge < -0.3 is 20.9 Å². The van der Waals surface area contributed by atoms with Crippen molar-refractivity contribution in [2.45, 2.75) is 19.8 Å². The average molecular weight is 228 g/mol. The van der Waals surface area contributed by atoms with Gasteiger partial charge in [0.15, 0.2) is 0 Å². The number of hydrogen-bond acceptors (Lipinski definition) is 4. The van der Waals surface area contributed by atoms with Crippen LogP contribution in [0.5, 0.6) is 0 Å². The van der Waals surface area contributed by atoms with Gasteiger partial charge in [-0.2, -0.15) is 0 Å². The zero-order valence-electron chi connectivity index (χ0n) is 10.7. The Labute approximate surface area is 100 Å². The molecular weight excluding hydrogens is 200 g/mol. The van der Waals surface area contributed by atoms with Crippen molar-refractivity contribution in [3.63, 3.8) is 0 Å². The molecule has 0 saturated carbocycles. The molecule has 0 aliphatic carbocycles. The molecule has 96 valence electrons. The lowest BCUT2D eigenvalue weighted by molar-refractivity contribution is 0.213. The Morgan fingerprint density at radius 3 is 2.25 bits per heavy atom. The minimum atomic E-state index is 0.777. The summed E-state index contributed by atoms with van der Waals surface area (Å²) in [5, 5.41) is 3.51. The molecule has 1 saturated heterocycles. The first-order valence-electron chi connectivity index (χ1n) is 6.72. The summed E-state index contributed by atoms with van der Waals surface area (Å²) in [7, 11) is 0. The van der Waals surface area contributed by atoms with Crippen LogP contribution in [0.4, 0.5) is 0 Å². The second-order valence-electron chi connectivity index (χ2n) is 4.52. The molecule has 16 heavy (non-hydrogen) atoms. The normalized spacial score (nSPS) is 22.9. The lowest BCUT2D eigenvalue weighted by Gasteiger charge is -2.25. The highest BCUT2D eigenvalue weighted by molar-refractivity contribution is 4.66. The summed E-state index contributed by atoms with van der Waals surface area (Å²) in [5.41, 5.74) is 5.65. The van der Waals surface area contributed by atoms with E-state index < -0.39 is 0 Å². The summed E-state index contributed by atoms with van der Waals surface area (Å²) in [5.74, 6) is 0. The van der Waals surface area contributed by atoms with E-state index in [1.54, 1.807) is 0 Å². The maximum absolute atomic E-state index is 5.65. The monoisotopic (exact) mass is 228 g/mol. The van der Waals surface area contributed by atoms with Crippen LogP contribution >= 0.6 is 0 Å². The van der Waals surface area contributed by atoms with Gasteiger partial charge in [-0.05, 0) is 45.6 Å². The van der Waals surface area contributed by atoms with Crippen molar-refractivity contribution in [3.8, 4) is 0 Å². The molecule has 1 aliphatic heterocycles. The molecule has 0 amide bonds. The van der Waals surface area contributed by atoms with Crippen LogP contribution in [0.1, 0.15) is 19.8 Å². The van der Waals surface area contributed by atoms with Gasteiger partial charge in [-0.15, -0.1) is 0 Å². The number of likely N-dealkylation sites (N-methyl/N-ethyl adjacent to an activating group) is 1. The fourth-order valence-corrected chi connectivity index (χ4v) is 2.21. The summed E-state index contributed by atoms with van der Waals surface area (Å²) in [4.78, 5) is 5.03. The van der Waals surface area contributed by atoms with Gasteiger partial charge in [-0.1, -0.05) is 6.92 Å². The highest BCUT2D eigenvalue weighted by Crippen LogP contribution is 1.97. The maximum atomic E-state index is 5.65. The van der Waals surface area contributed by atoms with Crippen molar-refractivity contribution in [1.29, 1.82) is 0 Å². The maximum Gasteiger partial charge on any atom is 0.0110 e. The highest BCUT2D eigenvalue weighted by atomic mass is 15.2. The van der Waals surface area contributed by atoms with E-state index in [0.29, 0.717) is 0 Å². The molecule has 1 aliphatic rings. The van der Waals surface area contributed by atoms with Crippen LogP contribution in [0.15, 0.2) is 0 Å². The zero-order valence-corrected chi connectivity index (χ0v) is 10.7. The molecule has 0 atom stereocenters. The topological polar surface area (TPSA) is 44.5 Å². The third kappa shape index (κ3) is 5.80. The number of nitrogens with two attached hydrogens (primary N) is 1. The smallest absolute Gasteiger partial charge is 0.0110 e. The predicted octanol–water partition coefficient (Wildman–Crippen LogP) is -0.0476. The number of nitrogens with one attached hydrogen (secondary N) is 1. The van der Waals surface area contributed by atoms with Gasteiger partial charge in [0.1, 0.15) is 0 Å². The fraction of sp³-hybridized carbons (Fsp3) is 1.00. The second-order valence-corrected chi connectivity index (χ2v) is 4.52. The van der Waals surface area contributed by atoms with E-state index >= 15 is 0 Å². The van der Waals surface area contributed by atoms with Crippen molar-refractivity contribution in [1.82, 2.24) is 15.1 Å². The minimum absolute atomic E-state index is 0.777. The van der Waals surface area contributed by atoms with Crippen molar-refractivity contribution >= 4 is 0 Å². The quantitative estimate of drug-likeness (QED) is 0.711. The third-order valence-corrected chi connectivity index (χ3v) is 3.28. The van der Waals surface area contributed by atoms with Crippen LogP contribution < -0.4 is 11.1 Å². The van der Waals surface area contributed by atoms with E-state index in [2.05, 4.69) is 22.0 Å². The molecule has 0 bridgehead atoms. The first-order valence-corrected chi connectivity index (χ1v) is 6.72. The molecule has 0 unspecified atom stereocenters. The van der Waals surface area contributed by atoms with Crippen LogP contribution in [0, 0.1) is 0 Å². The van der Waals surface area contributed by atoms with E-state index in [9.17, 15) is 0 Å². The molecular formula is C12H28N4. The van der Waals surface area contributed by atoms with Crippen LogP contribution in [0.2, 0.25) is 0 Å². The third-order valence-electron chi connectivity index (χ3n) is 3.28. The second kappa shape index (κ2) is 8.93. The van der Waals surface area contributed by atoms with Crippen molar-refractivity contribution in [3.05, 3.63) is 0 Å². The number of nitrogens with zero attached hydrogens (tertiary/aromatic N) is 2. The average Bonchev–Trinajstić information content (AvgIpc) is 2.35.